The number of pyridine rings is 1. The fraction of sp³-hybridized carbons (Fsp3) is 0.143. The Morgan fingerprint density at radius 1 is 1.07 bits per heavy atom. The summed E-state index contributed by atoms with van der Waals surface area (Å²) in [4.78, 5) is 29.8. The smallest absolute Gasteiger partial charge is 0.290 e. The molecule has 7 heteroatoms. The Bertz CT molecular complexity index is 1140. The lowest BCUT2D eigenvalue weighted by molar-refractivity contribution is 0.0684. The molecule has 0 saturated heterocycles. The number of carbonyl (C=O) groups is 1. The highest BCUT2D eigenvalue weighted by atomic mass is 16.5. The third-order valence-electron chi connectivity index (χ3n) is 4.44. The van der Waals surface area contributed by atoms with Crippen LogP contribution >= 0.6 is 0 Å². The molecule has 0 unspecified atom stereocenters. The van der Waals surface area contributed by atoms with Crippen molar-refractivity contribution in [1.82, 2.24) is 9.88 Å². The molecule has 7 nitrogen and oxygen atoms in total. The van der Waals surface area contributed by atoms with E-state index in [-0.39, 0.29) is 30.3 Å². The van der Waals surface area contributed by atoms with E-state index in [1.165, 1.54) is 11.2 Å². The second kappa shape index (κ2) is 7.48. The highest BCUT2D eigenvalue weighted by molar-refractivity contribution is 5.91. The summed E-state index contributed by atoms with van der Waals surface area (Å²) in [5.74, 6) is 1.15. The number of carbonyl (C=O) groups excluding carboxylic acids is 1. The minimum atomic E-state index is -0.323. The molecular formula is C21H18N2O5. The van der Waals surface area contributed by atoms with Gasteiger partial charge in [0, 0.05) is 11.6 Å². The molecule has 4 rings (SSSR count). The van der Waals surface area contributed by atoms with Crippen molar-refractivity contribution in [3.63, 3.8) is 0 Å². The zero-order valence-corrected chi connectivity index (χ0v) is 15.2. The van der Waals surface area contributed by atoms with Gasteiger partial charge in [-0.15, -0.1) is 0 Å². The maximum atomic E-state index is 12.9. The predicted molar refractivity (Wildman–Crippen MR) is 102 cm³/mol. The van der Waals surface area contributed by atoms with Gasteiger partial charge in [0.05, 0.1) is 38.2 Å². The van der Waals surface area contributed by atoms with Crippen molar-refractivity contribution in [3.8, 4) is 5.75 Å². The van der Waals surface area contributed by atoms with Crippen LogP contribution in [-0.4, -0.2) is 22.9 Å². The Balaban J connectivity index is 1.68. The molecule has 0 saturated carbocycles. The SMILES string of the molecule is COc1ccc2cc(CN(Cc3ccco3)C(=O)c3ccco3)c(=O)[nH]c2c1. The topological polar surface area (TPSA) is 88.7 Å². The number of nitrogens with zero attached hydrogens (tertiary/aromatic N) is 1. The van der Waals surface area contributed by atoms with Gasteiger partial charge >= 0.3 is 0 Å². The minimum Gasteiger partial charge on any atom is -0.497 e. The molecule has 0 aliphatic rings. The molecule has 1 aromatic carbocycles. The molecule has 0 aliphatic carbocycles. The van der Waals surface area contributed by atoms with Gasteiger partial charge < -0.3 is 23.5 Å². The second-order valence-corrected chi connectivity index (χ2v) is 6.29. The summed E-state index contributed by atoms with van der Waals surface area (Å²) in [6.07, 6.45) is 2.98. The molecule has 3 aromatic heterocycles. The van der Waals surface area contributed by atoms with E-state index in [0.717, 1.165) is 5.39 Å². The minimum absolute atomic E-state index is 0.109. The van der Waals surface area contributed by atoms with E-state index in [4.69, 9.17) is 13.6 Å². The van der Waals surface area contributed by atoms with Gasteiger partial charge in [-0.1, -0.05) is 0 Å². The molecule has 1 amide bonds. The number of H-pyrrole nitrogens is 1. The molecule has 142 valence electrons. The Morgan fingerprint density at radius 2 is 1.89 bits per heavy atom. The highest BCUT2D eigenvalue weighted by Crippen LogP contribution is 2.20. The van der Waals surface area contributed by atoms with Gasteiger partial charge in [0.1, 0.15) is 11.5 Å². The lowest BCUT2D eigenvalue weighted by Gasteiger charge is -2.20. The summed E-state index contributed by atoms with van der Waals surface area (Å²) < 4.78 is 15.8. The van der Waals surface area contributed by atoms with Crippen molar-refractivity contribution >= 4 is 16.8 Å². The third-order valence-corrected chi connectivity index (χ3v) is 4.44. The molecule has 0 spiro atoms. The van der Waals surface area contributed by atoms with Crippen LogP contribution in [0.2, 0.25) is 0 Å². The highest BCUT2D eigenvalue weighted by Gasteiger charge is 2.21. The molecule has 0 fully saturated rings. The van der Waals surface area contributed by atoms with Crippen molar-refractivity contribution in [2.45, 2.75) is 13.1 Å². The van der Waals surface area contributed by atoms with Gasteiger partial charge in [-0.25, -0.2) is 0 Å². The van der Waals surface area contributed by atoms with Gasteiger partial charge in [0.2, 0.25) is 0 Å². The number of hydrogen-bond donors (Lipinski definition) is 1. The Hall–Kier alpha value is -3.74. The number of benzene rings is 1. The Labute approximate surface area is 160 Å². The van der Waals surface area contributed by atoms with Gasteiger partial charge in [-0.3, -0.25) is 9.59 Å². The van der Waals surface area contributed by atoms with Crippen LogP contribution in [-0.2, 0) is 13.1 Å². The number of hydrogen-bond acceptors (Lipinski definition) is 5. The monoisotopic (exact) mass is 378 g/mol. The number of aromatic amines is 1. The van der Waals surface area contributed by atoms with E-state index in [1.807, 2.05) is 12.1 Å². The van der Waals surface area contributed by atoms with Crippen LogP contribution in [0.25, 0.3) is 10.9 Å². The number of methoxy groups -OCH3 is 1. The first-order valence-electron chi connectivity index (χ1n) is 8.69. The van der Waals surface area contributed by atoms with Crippen molar-refractivity contribution in [3.05, 3.63) is 88.5 Å². The van der Waals surface area contributed by atoms with E-state index >= 15 is 0 Å². The van der Waals surface area contributed by atoms with E-state index in [1.54, 1.807) is 49.8 Å². The maximum Gasteiger partial charge on any atom is 0.290 e. The van der Waals surface area contributed by atoms with E-state index < -0.39 is 0 Å². The fourth-order valence-corrected chi connectivity index (χ4v) is 3.02. The van der Waals surface area contributed by atoms with Crippen molar-refractivity contribution in [1.29, 1.82) is 0 Å². The molecule has 0 aliphatic heterocycles. The van der Waals surface area contributed by atoms with Crippen LogP contribution in [0.1, 0.15) is 21.9 Å². The van der Waals surface area contributed by atoms with Crippen LogP contribution in [0, 0.1) is 0 Å². The quantitative estimate of drug-likeness (QED) is 0.554. The molecular weight excluding hydrogens is 360 g/mol. The van der Waals surface area contributed by atoms with Crippen LogP contribution in [0.4, 0.5) is 0 Å². The number of ether oxygens (including phenoxy) is 1. The van der Waals surface area contributed by atoms with E-state index in [2.05, 4.69) is 4.98 Å². The van der Waals surface area contributed by atoms with Gasteiger partial charge in [0.25, 0.3) is 11.5 Å². The zero-order valence-electron chi connectivity index (χ0n) is 15.2. The Morgan fingerprint density at radius 3 is 2.61 bits per heavy atom. The number of fused-ring (bicyclic) bond motifs is 1. The first-order chi connectivity index (χ1) is 13.6. The van der Waals surface area contributed by atoms with Crippen molar-refractivity contribution in [2.24, 2.45) is 0 Å². The average Bonchev–Trinajstić information content (AvgIpc) is 3.41. The third kappa shape index (κ3) is 3.55. The summed E-state index contributed by atoms with van der Waals surface area (Å²) in [5, 5.41) is 0.846. The summed E-state index contributed by atoms with van der Waals surface area (Å²) in [6.45, 7) is 0.324. The maximum absolute atomic E-state index is 12.9. The van der Waals surface area contributed by atoms with Gasteiger partial charge in [-0.2, -0.15) is 0 Å². The number of amides is 1. The van der Waals surface area contributed by atoms with Crippen LogP contribution in [0.5, 0.6) is 5.75 Å². The van der Waals surface area contributed by atoms with E-state index in [9.17, 15) is 9.59 Å². The first kappa shape index (κ1) is 17.7. The molecule has 28 heavy (non-hydrogen) atoms. The zero-order chi connectivity index (χ0) is 19.5. The molecule has 0 bridgehead atoms. The standard InChI is InChI=1S/C21H18N2O5/c1-26-16-7-6-14-10-15(20(24)22-18(14)11-16)12-23(13-17-4-2-8-27-17)21(25)19-5-3-9-28-19/h2-11H,12-13H2,1H3,(H,22,24). The molecule has 3 heterocycles. The summed E-state index contributed by atoms with van der Waals surface area (Å²) in [6, 6.07) is 14.0. The molecule has 0 atom stereocenters. The summed E-state index contributed by atoms with van der Waals surface area (Å²) in [5.41, 5.74) is 0.865. The molecule has 1 N–H and O–H groups in total. The predicted octanol–water partition coefficient (Wildman–Crippen LogP) is 3.57. The molecule has 4 aromatic rings. The largest absolute Gasteiger partial charge is 0.497 e. The number of nitrogens with one attached hydrogen (secondary N) is 1. The lowest BCUT2D eigenvalue weighted by Crippen LogP contribution is -2.32. The van der Waals surface area contributed by atoms with Gasteiger partial charge in [-0.05, 0) is 47.9 Å². The summed E-state index contributed by atoms with van der Waals surface area (Å²) >= 11 is 0. The fourth-order valence-electron chi connectivity index (χ4n) is 3.02. The van der Waals surface area contributed by atoms with Crippen LogP contribution in [0.3, 0.4) is 0 Å². The van der Waals surface area contributed by atoms with Crippen molar-refractivity contribution < 1.29 is 18.4 Å². The number of furan rings is 2. The number of rotatable bonds is 6. The Kier molecular flexibility index (Phi) is 4.72. The first-order valence-corrected chi connectivity index (χ1v) is 8.69. The number of aromatic nitrogens is 1. The van der Waals surface area contributed by atoms with Crippen LogP contribution in [0.15, 0.2) is 74.7 Å². The van der Waals surface area contributed by atoms with E-state index in [0.29, 0.717) is 22.6 Å². The lowest BCUT2D eigenvalue weighted by atomic mass is 10.1. The van der Waals surface area contributed by atoms with Crippen molar-refractivity contribution in [2.75, 3.05) is 7.11 Å². The summed E-state index contributed by atoms with van der Waals surface area (Å²) in [7, 11) is 1.57. The normalized spacial score (nSPS) is 10.9. The molecule has 0 radical (unpaired) electrons. The van der Waals surface area contributed by atoms with Crippen LogP contribution < -0.4 is 10.3 Å². The second-order valence-electron chi connectivity index (χ2n) is 6.29. The van der Waals surface area contributed by atoms with Gasteiger partial charge in [0.15, 0.2) is 5.76 Å². The average molecular weight is 378 g/mol.